The molecule has 0 unspecified atom stereocenters. The van der Waals surface area contributed by atoms with Gasteiger partial charge in [0, 0.05) is 18.5 Å². The van der Waals surface area contributed by atoms with E-state index in [2.05, 4.69) is 10.3 Å². The van der Waals surface area contributed by atoms with Crippen molar-refractivity contribution in [2.24, 2.45) is 0 Å². The number of benzene rings is 1. The average molecular weight is 290 g/mol. The Bertz CT molecular complexity index is 537. The van der Waals surface area contributed by atoms with Gasteiger partial charge < -0.3 is 5.32 Å². The van der Waals surface area contributed by atoms with Gasteiger partial charge in [-0.05, 0) is 23.8 Å². The van der Waals surface area contributed by atoms with Gasteiger partial charge in [0.1, 0.15) is 5.82 Å². The third kappa shape index (κ3) is 4.00. The molecule has 0 aliphatic rings. The van der Waals surface area contributed by atoms with E-state index in [1.165, 1.54) is 11.3 Å². The topological polar surface area (TPSA) is 24.9 Å². The van der Waals surface area contributed by atoms with Crippen molar-refractivity contribution in [2.75, 3.05) is 0 Å². The molecule has 0 aliphatic heterocycles. The molecule has 0 saturated heterocycles. The molecule has 0 aliphatic carbocycles. The predicted molar refractivity (Wildman–Crippen MR) is 64.1 cm³/mol. The van der Waals surface area contributed by atoms with Gasteiger partial charge in [0.2, 0.25) is 0 Å². The molecule has 1 N–H and O–H groups in total. The number of rotatable bonds is 4. The van der Waals surface area contributed by atoms with E-state index in [1.807, 2.05) is 5.38 Å². The first-order valence-electron chi connectivity index (χ1n) is 5.39. The van der Waals surface area contributed by atoms with Crippen LogP contribution in [0.2, 0.25) is 0 Å². The van der Waals surface area contributed by atoms with Crippen molar-refractivity contribution in [2.45, 2.75) is 19.3 Å². The molecular weight excluding hydrogens is 280 g/mol. The highest BCUT2D eigenvalue weighted by molar-refractivity contribution is 7.07. The molecule has 102 valence electrons. The van der Waals surface area contributed by atoms with Gasteiger partial charge in [0.15, 0.2) is 0 Å². The lowest BCUT2D eigenvalue weighted by atomic mass is 10.1. The van der Waals surface area contributed by atoms with E-state index in [0.29, 0.717) is 12.6 Å². The van der Waals surface area contributed by atoms with Crippen molar-refractivity contribution in [3.63, 3.8) is 0 Å². The van der Waals surface area contributed by atoms with Crippen LogP contribution in [0.15, 0.2) is 29.1 Å². The number of nitrogens with one attached hydrogen (secondary N) is 1. The molecule has 7 heteroatoms. The van der Waals surface area contributed by atoms with Gasteiger partial charge in [0.05, 0.1) is 16.8 Å². The number of nitrogens with zero attached hydrogens (tertiary/aromatic N) is 1. The van der Waals surface area contributed by atoms with E-state index in [0.717, 1.165) is 17.8 Å². The van der Waals surface area contributed by atoms with Crippen molar-refractivity contribution in [3.8, 4) is 0 Å². The lowest BCUT2D eigenvalue weighted by Gasteiger charge is -2.10. The quantitative estimate of drug-likeness (QED) is 0.870. The monoisotopic (exact) mass is 290 g/mol. The first-order chi connectivity index (χ1) is 8.95. The molecule has 1 heterocycles. The predicted octanol–water partition coefficient (Wildman–Crippen LogP) is 3.59. The van der Waals surface area contributed by atoms with E-state index in [4.69, 9.17) is 0 Å². The van der Waals surface area contributed by atoms with Crippen LogP contribution in [0.1, 0.15) is 16.8 Å². The molecule has 0 spiro atoms. The number of thiazole rings is 1. The third-order valence-corrected chi connectivity index (χ3v) is 3.04. The Balaban J connectivity index is 2.02. The molecule has 2 nitrogen and oxygen atoms in total. The van der Waals surface area contributed by atoms with Crippen molar-refractivity contribution >= 4 is 11.3 Å². The van der Waals surface area contributed by atoms with E-state index in [9.17, 15) is 17.6 Å². The minimum absolute atomic E-state index is 0.151. The SMILES string of the molecule is Fc1cc(CNCc2cscn2)cc(C(F)(F)F)c1. The molecular formula is C12H10F4N2S. The molecule has 1 aromatic carbocycles. The second-order valence-corrected chi connectivity index (χ2v) is 4.65. The minimum atomic E-state index is -4.54. The summed E-state index contributed by atoms with van der Waals surface area (Å²) in [4.78, 5) is 4.02. The van der Waals surface area contributed by atoms with Crippen molar-refractivity contribution in [1.82, 2.24) is 10.3 Å². The summed E-state index contributed by atoms with van der Waals surface area (Å²) in [5.74, 6) is -0.889. The molecule has 2 rings (SSSR count). The average Bonchev–Trinajstić information content (AvgIpc) is 2.80. The van der Waals surface area contributed by atoms with Crippen molar-refractivity contribution in [3.05, 3.63) is 51.7 Å². The summed E-state index contributed by atoms with van der Waals surface area (Å²) in [5.41, 5.74) is 1.75. The van der Waals surface area contributed by atoms with Gasteiger partial charge in [-0.25, -0.2) is 9.37 Å². The molecule has 0 bridgehead atoms. The zero-order valence-corrected chi connectivity index (χ0v) is 10.5. The van der Waals surface area contributed by atoms with Crippen LogP contribution in [0.4, 0.5) is 17.6 Å². The smallest absolute Gasteiger partial charge is 0.307 e. The van der Waals surface area contributed by atoms with E-state index < -0.39 is 17.6 Å². The van der Waals surface area contributed by atoms with Gasteiger partial charge in [-0.3, -0.25) is 0 Å². The number of hydrogen-bond donors (Lipinski definition) is 1. The zero-order chi connectivity index (χ0) is 13.9. The Morgan fingerprint density at radius 3 is 2.58 bits per heavy atom. The fourth-order valence-corrected chi connectivity index (χ4v) is 2.13. The Hall–Kier alpha value is -1.47. The first kappa shape index (κ1) is 14.0. The van der Waals surface area contributed by atoms with Gasteiger partial charge in [-0.2, -0.15) is 13.2 Å². The largest absolute Gasteiger partial charge is 0.416 e. The maximum absolute atomic E-state index is 13.1. The summed E-state index contributed by atoms with van der Waals surface area (Å²) >= 11 is 1.43. The maximum atomic E-state index is 13.1. The number of halogens is 4. The van der Waals surface area contributed by atoms with Crippen LogP contribution in [-0.2, 0) is 19.3 Å². The highest BCUT2D eigenvalue weighted by atomic mass is 32.1. The molecule has 0 fully saturated rings. The second-order valence-electron chi connectivity index (χ2n) is 3.93. The molecule has 0 atom stereocenters. The van der Waals surface area contributed by atoms with Gasteiger partial charge in [-0.1, -0.05) is 0 Å². The van der Waals surface area contributed by atoms with E-state index >= 15 is 0 Å². The lowest BCUT2D eigenvalue weighted by Crippen LogP contribution is -2.14. The maximum Gasteiger partial charge on any atom is 0.416 e. The van der Waals surface area contributed by atoms with Crippen LogP contribution in [-0.4, -0.2) is 4.98 Å². The highest BCUT2D eigenvalue weighted by Crippen LogP contribution is 2.30. The number of hydrogen-bond acceptors (Lipinski definition) is 3. The normalized spacial score (nSPS) is 11.8. The highest BCUT2D eigenvalue weighted by Gasteiger charge is 2.31. The molecule has 0 radical (unpaired) electrons. The van der Waals surface area contributed by atoms with Crippen molar-refractivity contribution < 1.29 is 17.6 Å². The van der Waals surface area contributed by atoms with E-state index in [1.54, 1.807) is 5.51 Å². The summed E-state index contributed by atoms with van der Waals surface area (Å²) in [6.07, 6.45) is -4.54. The standard InChI is InChI=1S/C12H10F4N2S/c13-10-2-8(1-9(3-10)12(14,15)16)4-17-5-11-6-19-7-18-11/h1-3,6-7,17H,4-5H2. The van der Waals surface area contributed by atoms with Gasteiger partial charge in [-0.15, -0.1) is 11.3 Å². The van der Waals surface area contributed by atoms with Crippen LogP contribution in [0.5, 0.6) is 0 Å². The molecule has 0 saturated carbocycles. The Kier molecular flexibility index (Phi) is 4.16. The van der Waals surface area contributed by atoms with Crippen LogP contribution in [0.25, 0.3) is 0 Å². The van der Waals surface area contributed by atoms with Gasteiger partial charge in [0.25, 0.3) is 0 Å². The molecule has 2 aromatic rings. The molecule has 19 heavy (non-hydrogen) atoms. The van der Waals surface area contributed by atoms with Crippen LogP contribution in [0, 0.1) is 5.82 Å². The Morgan fingerprint density at radius 2 is 1.95 bits per heavy atom. The minimum Gasteiger partial charge on any atom is -0.307 e. The fraction of sp³-hybridized carbons (Fsp3) is 0.250. The molecule has 1 aromatic heterocycles. The van der Waals surface area contributed by atoms with Crippen LogP contribution < -0.4 is 5.32 Å². The Labute approximate surface area is 111 Å². The fourth-order valence-electron chi connectivity index (χ4n) is 1.58. The number of alkyl halides is 3. The van der Waals surface area contributed by atoms with Crippen LogP contribution >= 0.6 is 11.3 Å². The zero-order valence-electron chi connectivity index (χ0n) is 9.67. The first-order valence-corrected chi connectivity index (χ1v) is 6.34. The number of aromatic nitrogens is 1. The third-order valence-electron chi connectivity index (χ3n) is 2.40. The second kappa shape index (κ2) is 5.66. The van der Waals surface area contributed by atoms with Crippen LogP contribution in [0.3, 0.4) is 0 Å². The Morgan fingerprint density at radius 1 is 1.16 bits per heavy atom. The summed E-state index contributed by atoms with van der Waals surface area (Å²) in [7, 11) is 0. The summed E-state index contributed by atoms with van der Waals surface area (Å²) in [5, 5.41) is 4.75. The van der Waals surface area contributed by atoms with Gasteiger partial charge >= 0.3 is 6.18 Å². The molecule has 0 amide bonds. The summed E-state index contributed by atoms with van der Waals surface area (Å²) < 4.78 is 50.6. The lowest BCUT2D eigenvalue weighted by molar-refractivity contribution is -0.137. The van der Waals surface area contributed by atoms with E-state index in [-0.39, 0.29) is 12.1 Å². The summed E-state index contributed by atoms with van der Waals surface area (Å²) in [6.45, 7) is 0.583. The van der Waals surface area contributed by atoms with Crippen molar-refractivity contribution in [1.29, 1.82) is 0 Å². The summed E-state index contributed by atoms with van der Waals surface area (Å²) in [6, 6.07) is 2.52.